The van der Waals surface area contributed by atoms with Crippen molar-refractivity contribution in [3.63, 3.8) is 0 Å². The molecule has 0 aromatic rings. The van der Waals surface area contributed by atoms with Gasteiger partial charge in [-0.05, 0) is 77.0 Å². The molecule has 8 heteroatoms. The summed E-state index contributed by atoms with van der Waals surface area (Å²) in [4.78, 5) is 36.6. The molecule has 0 radical (unpaired) electrons. The fourth-order valence-corrected chi connectivity index (χ4v) is 4.78. The fraction of sp³-hybridized carbons (Fsp3) is 0.568. The quantitative estimate of drug-likeness (QED) is 0.0297. The van der Waals surface area contributed by atoms with Crippen LogP contribution < -0.4 is 5.11 Å². The molecule has 0 bridgehead atoms. The summed E-state index contributed by atoms with van der Waals surface area (Å²) in [7, 11) is 5.35. The van der Waals surface area contributed by atoms with E-state index in [1.807, 2.05) is 12.2 Å². The Labute approximate surface area is 316 Å². The van der Waals surface area contributed by atoms with Gasteiger partial charge in [-0.1, -0.05) is 111 Å². The number of quaternary nitrogens is 1. The van der Waals surface area contributed by atoms with E-state index in [-0.39, 0.29) is 55.5 Å². The average molecular weight is 724 g/mol. The summed E-state index contributed by atoms with van der Waals surface area (Å²) in [6.45, 7) is 4.26. The Morgan fingerprint density at radius 1 is 0.577 bits per heavy atom. The first kappa shape index (κ1) is 48.2. The highest BCUT2D eigenvalue weighted by Gasteiger charge is 2.25. The molecule has 0 saturated heterocycles. The first-order chi connectivity index (χ1) is 25.1. The third-order valence-electron chi connectivity index (χ3n) is 7.73. The molecule has 0 heterocycles. The van der Waals surface area contributed by atoms with Crippen LogP contribution in [-0.2, 0) is 28.6 Å². The maximum Gasteiger partial charge on any atom is 0.306 e. The zero-order valence-corrected chi connectivity index (χ0v) is 32.9. The van der Waals surface area contributed by atoms with E-state index in [1.165, 1.54) is 0 Å². The number of carboxylic acid groups (broad SMARTS) is 1. The number of rotatable bonds is 32. The van der Waals surface area contributed by atoms with Crippen LogP contribution in [0.3, 0.4) is 0 Å². The van der Waals surface area contributed by atoms with Crippen molar-refractivity contribution in [2.75, 3.05) is 41.0 Å². The second-order valence-electron chi connectivity index (χ2n) is 13.4. The van der Waals surface area contributed by atoms with Crippen molar-refractivity contribution in [1.82, 2.24) is 0 Å². The number of ether oxygens (including phenoxy) is 3. The third kappa shape index (κ3) is 32.2. The Balaban J connectivity index is 4.63. The average Bonchev–Trinajstić information content (AvgIpc) is 3.09. The van der Waals surface area contributed by atoms with Crippen LogP contribution in [0.1, 0.15) is 110 Å². The molecule has 0 aliphatic heterocycles. The van der Waals surface area contributed by atoms with Crippen molar-refractivity contribution in [3.05, 3.63) is 97.2 Å². The molecule has 0 fully saturated rings. The lowest BCUT2D eigenvalue weighted by Gasteiger charge is -2.34. The number of carbonyl (C=O) groups is 3. The van der Waals surface area contributed by atoms with E-state index in [1.54, 1.807) is 21.1 Å². The number of aliphatic carboxylic acids is 1. The van der Waals surface area contributed by atoms with Crippen molar-refractivity contribution >= 4 is 17.9 Å². The number of nitrogens with zero attached hydrogens (tertiary/aromatic N) is 1. The normalized spacial score (nSPS) is 14.1. The van der Waals surface area contributed by atoms with Gasteiger partial charge in [0.2, 0.25) is 0 Å². The molecule has 0 aromatic carbocycles. The molecule has 0 amide bonds. The van der Waals surface area contributed by atoms with Crippen LogP contribution in [0.4, 0.5) is 0 Å². The molecule has 0 rings (SSSR count). The molecular weight excluding hydrogens is 654 g/mol. The highest BCUT2D eigenvalue weighted by atomic mass is 16.6. The van der Waals surface area contributed by atoms with Gasteiger partial charge in [0.1, 0.15) is 12.6 Å². The predicted octanol–water partition coefficient (Wildman–Crippen LogP) is 8.62. The number of carboxylic acids is 1. The van der Waals surface area contributed by atoms with Gasteiger partial charge in [0.15, 0.2) is 6.10 Å². The van der Waals surface area contributed by atoms with Crippen molar-refractivity contribution in [2.24, 2.45) is 0 Å². The lowest BCUT2D eigenvalue weighted by molar-refractivity contribution is -0.889. The third-order valence-corrected chi connectivity index (χ3v) is 7.73. The lowest BCUT2D eigenvalue weighted by atomic mass is 10.1. The summed E-state index contributed by atoms with van der Waals surface area (Å²) < 4.78 is 17.0. The van der Waals surface area contributed by atoms with Crippen LogP contribution in [0, 0.1) is 0 Å². The second-order valence-corrected chi connectivity index (χ2v) is 13.4. The van der Waals surface area contributed by atoms with Crippen molar-refractivity contribution in [3.8, 4) is 0 Å². The van der Waals surface area contributed by atoms with E-state index in [0.29, 0.717) is 12.8 Å². The van der Waals surface area contributed by atoms with Gasteiger partial charge < -0.3 is 28.6 Å². The van der Waals surface area contributed by atoms with Crippen molar-refractivity contribution < 1.29 is 38.2 Å². The van der Waals surface area contributed by atoms with E-state index in [9.17, 15) is 19.5 Å². The first-order valence-corrected chi connectivity index (χ1v) is 19.3. The molecule has 0 N–H and O–H groups in total. The van der Waals surface area contributed by atoms with Gasteiger partial charge in [-0.2, -0.15) is 0 Å². The van der Waals surface area contributed by atoms with Crippen molar-refractivity contribution in [1.29, 1.82) is 0 Å². The Morgan fingerprint density at radius 3 is 1.50 bits per heavy atom. The second kappa shape index (κ2) is 34.3. The zero-order valence-electron chi connectivity index (χ0n) is 32.9. The molecule has 8 nitrogen and oxygen atoms in total. The fourth-order valence-electron chi connectivity index (χ4n) is 4.78. The van der Waals surface area contributed by atoms with Crippen LogP contribution in [-0.4, -0.2) is 75.5 Å². The van der Waals surface area contributed by atoms with Gasteiger partial charge >= 0.3 is 11.9 Å². The molecule has 0 aliphatic carbocycles. The SMILES string of the molecule is CC/C=C\C/C=C\C/C=C\C/C=C\CCCCC(=O)OC(COCCC(C(=O)[O-])[N+](C)(C)C)COC(=O)CC/C=C\C/C=C\C/C=C\C/C=C\CC. The Bertz CT molecular complexity index is 1170. The molecule has 292 valence electrons. The van der Waals surface area contributed by atoms with Crippen LogP contribution in [0.15, 0.2) is 97.2 Å². The smallest absolute Gasteiger partial charge is 0.306 e. The minimum absolute atomic E-state index is 0.00521. The first-order valence-electron chi connectivity index (χ1n) is 19.3. The molecule has 2 atom stereocenters. The van der Waals surface area contributed by atoms with Crippen LogP contribution in [0.25, 0.3) is 0 Å². The van der Waals surface area contributed by atoms with E-state index >= 15 is 0 Å². The summed E-state index contributed by atoms with van der Waals surface area (Å²) >= 11 is 0. The Hall–Kier alpha value is -3.75. The number of hydrogen-bond donors (Lipinski definition) is 0. The zero-order chi connectivity index (χ0) is 38.5. The van der Waals surface area contributed by atoms with Gasteiger partial charge in [0, 0.05) is 19.3 Å². The monoisotopic (exact) mass is 724 g/mol. The summed E-state index contributed by atoms with van der Waals surface area (Å²) in [6.07, 6.45) is 44.6. The molecule has 0 spiro atoms. The van der Waals surface area contributed by atoms with E-state index in [0.717, 1.165) is 64.2 Å². The number of hydrogen-bond acceptors (Lipinski definition) is 7. The number of unbranched alkanes of at least 4 members (excludes halogenated alkanes) is 2. The largest absolute Gasteiger partial charge is 0.544 e. The maximum absolute atomic E-state index is 12.6. The van der Waals surface area contributed by atoms with Gasteiger partial charge in [-0.25, -0.2) is 0 Å². The molecule has 2 unspecified atom stereocenters. The number of esters is 2. The highest BCUT2D eigenvalue weighted by molar-refractivity contribution is 5.70. The predicted molar refractivity (Wildman–Crippen MR) is 212 cm³/mol. The molecule has 0 saturated carbocycles. The molecular formula is C44H69NO7. The van der Waals surface area contributed by atoms with Crippen LogP contribution in [0.5, 0.6) is 0 Å². The molecule has 0 aromatic heterocycles. The van der Waals surface area contributed by atoms with Gasteiger partial charge in [0.05, 0.1) is 40.3 Å². The van der Waals surface area contributed by atoms with Crippen molar-refractivity contribution in [2.45, 2.75) is 122 Å². The topological polar surface area (TPSA) is 102 Å². The molecule has 52 heavy (non-hydrogen) atoms. The number of likely N-dealkylation sites (N-methyl/N-ethyl adjacent to an activating group) is 1. The summed E-state index contributed by atoms with van der Waals surface area (Å²) in [6, 6.07) is -0.748. The van der Waals surface area contributed by atoms with Crippen LogP contribution >= 0.6 is 0 Å². The summed E-state index contributed by atoms with van der Waals surface area (Å²) in [5.41, 5.74) is 0. The van der Waals surface area contributed by atoms with E-state index < -0.39 is 18.1 Å². The summed E-state index contributed by atoms with van der Waals surface area (Å²) in [5.74, 6) is -1.91. The van der Waals surface area contributed by atoms with Crippen LogP contribution in [0.2, 0.25) is 0 Å². The van der Waals surface area contributed by atoms with E-state index in [2.05, 4.69) is 98.9 Å². The minimum atomic E-state index is -1.15. The number of allylic oxidation sites excluding steroid dienone is 16. The summed E-state index contributed by atoms with van der Waals surface area (Å²) in [5, 5.41) is 11.6. The van der Waals surface area contributed by atoms with Gasteiger partial charge in [-0.15, -0.1) is 0 Å². The maximum atomic E-state index is 12.6. The Morgan fingerprint density at radius 2 is 1.04 bits per heavy atom. The van der Waals surface area contributed by atoms with Gasteiger partial charge in [0.25, 0.3) is 0 Å². The molecule has 0 aliphatic rings. The highest BCUT2D eigenvalue weighted by Crippen LogP contribution is 2.10. The standard InChI is InChI=1S/C44H69NO7/c1-6-8-10-12-14-16-18-20-21-23-25-27-29-31-33-35-43(47)52-40(38-50-37-36-41(44(48)49)45(3,4)5)39-51-42(46)34-32-30-28-26-24-22-19-17-15-13-11-9-7-2/h8-11,14-17,20-22,24-25,27-28,30,40-41H,6-7,12-13,18-19,23,26,29,31-39H2,1-5H3/b10-8-,11-9-,16-14-,17-15-,21-20-,24-22-,27-25-,30-28-. The van der Waals surface area contributed by atoms with Gasteiger partial charge in [-0.3, -0.25) is 9.59 Å². The Kier molecular flexibility index (Phi) is 31.9. The number of carbonyl (C=O) groups excluding carboxylic acids is 3. The lowest BCUT2D eigenvalue weighted by Crippen LogP contribution is -2.55. The van der Waals surface area contributed by atoms with E-state index in [4.69, 9.17) is 14.2 Å². The minimum Gasteiger partial charge on any atom is -0.544 e.